The summed E-state index contributed by atoms with van der Waals surface area (Å²) in [6.45, 7) is 3.11. The minimum Gasteiger partial charge on any atom is -0.478 e. The largest absolute Gasteiger partial charge is 0.478 e. The van der Waals surface area contributed by atoms with E-state index in [4.69, 9.17) is 23.7 Å². The summed E-state index contributed by atoms with van der Waals surface area (Å²) in [4.78, 5) is 15.9. The van der Waals surface area contributed by atoms with Crippen molar-refractivity contribution >= 4 is 16.9 Å². The van der Waals surface area contributed by atoms with Gasteiger partial charge in [-0.05, 0) is 31.0 Å². The fraction of sp³-hybridized carbons (Fsp3) is 0.594. The minimum atomic E-state index is -1.84. The van der Waals surface area contributed by atoms with E-state index in [1.807, 2.05) is 24.3 Å². The second kappa shape index (κ2) is 14.5. The van der Waals surface area contributed by atoms with Crippen LogP contribution in [0.4, 0.5) is 0 Å². The molecule has 0 spiro atoms. The second-order valence-corrected chi connectivity index (χ2v) is 12.5. The number of aliphatic hydroxyl groups excluding tert-OH is 7. The molecule has 10 N–H and O–H groups in total. The Bertz CT molecular complexity index is 1480. The second-order valence-electron chi connectivity index (χ2n) is 12.5. The number of carboxylic acids is 1. The number of rotatable bonds is 10. The number of H-pyrrole nitrogens is 1. The zero-order valence-corrected chi connectivity index (χ0v) is 25.8. The molecular formula is C32H42N2O14. The van der Waals surface area contributed by atoms with E-state index in [0.717, 1.165) is 34.8 Å². The SMILES string of the molecule is C=CC1C(OC2OC(CO)C(O)C(OC3OC(CO)C(O)C(O)C3O)C2O)OC=C(C(=O)O)C1CC1NCCc2c1[nH]c1ccccc21. The first kappa shape index (κ1) is 34.9. The van der Waals surface area contributed by atoms with Gasteiger partial charge in [-0.2, -0.15) is 0 Å². The first-order chi connectivity index (χ1) is 23.1. The fourth-order valence-electron chi connectivity index (χ4n) is 7.12. The number of fused-ring (bicyclic) bond motifs is 3. The number of benzene rings is 1. The van der Waals surface area contributed by atoms with Gasteiger partial charge in [0.05, 0.1) is 25.0 Å². The molecule has 48 heavy (non-hydrogen) atoms. The van der Waals surface area contributed by atoms with Crippen molar-refractivity contribution in [3.63, 3.8) is 0 Å². The lowest BCUT2D eigenvalue weighted by atomic mass is 9.78. The number of carbonyl (C=O) groups is 1. The quantitative estimate of drug-likeness (QED) is 0.124. The highest BCUT2D eigenvalue weighted by molar-refractivity contribution is 5.87. The van der Waals surface area contributed by atoms with E-state index in [2.05, 4.69) is 16.9 Å². The lowest BCUT2D eigenvalue weighted by molar-refractivity contribution is -0.374. The van der Waals surface area contributed by atoms with E-state index in [0.29, 0.717) is 13.0 Å². The van der Waals surface area contributed by atoms with Gasteiger partial charge in [0, 0.05) is 34.5 Å². The van der Waals surface area contributed by atoms with Crippen molar-refractivity contribution in [2.24, 2.45) is 11.8 Å². The van der Waals surface area contributed by atoms with Crippen LogP contribution >= 0.6 is 0 Å². The Morgan fingerprint density at radius 3 is 2.29 bits per heavy atom. The normalized spacial score (nSPS) is 40.1. The van der Waals surface area contributed by atoms with E-state index in [1.165, 1.54) is 6.08 Å². The highest BCUT2D eigenvalue weighted by Gasteiger charge is 2.52. The van der Waals surface area contributed by atoms with E-state index in [-0.39, 0.29) is 11.6 Å². The maximum atomic E-state index is 12.4. The van der Waals surface area contributed by atoms with Crippen molar-refractivity contribution in [2.45, 2.75) is 86.6 Å². The number of aliphatic carboxylic acids is 1. The molecule has 0 saturated carbocycles. The molecule has 0 aliphatic carbocycles. The summed E-state index contributed by atoms with van der Waals surface area (Å²) >= 11 is 0. The predicted molar refractivity (Wildman–Crippen MR) is 163 cm³/mol. The molecule has 2 saturated heterocycles. The van der Waals surface area contributed by atoms with Gasteiger partial charge in [-0.1, -0.05) is 24.3 Å². The van der Waals surface area contributed by atoms with Gasteiger partial charge in [-0.3, -0.25) is 0 Å². The third-order valence-electron chi connectivity index (χ3n) is 9.71. The molecule has 2 fully saturated rings. The molecule has 16 heteroatoms. The third-order valence-corrected chi connectivity index (χ3v) is 9.71. The summed E-state index contributed by atoms with van der Waals surface area (Å²) in [5.74, 6) is -2.66. The van der Waals surface area contributed by atoms with Crippen LogP contribution in [-0.2, 0) is 34.9 Å². The summed E-state index contributed by atoms with van der Waals surface area (Å²) in [5, 5.41) is 87.1. The Morgan fingerprint density at radius 1 is 0.917 bits per heavy atom. The zero-order valence-electron chi connectivity index (χ0n) is 25.8. The van der Waals surface area contributed by atoms with E-state index >= 15 is 0 Å². The number of aliphatic hydroxyl groups is 7. The van der Waals surface area contributed by atoms with Crippen molar-refractivity contribution in [2.75, 3.05) is 19.8 Å². The fourth-order valence-corrected chi connectivity index (χ4v) is 7.12. The van der Waals surface area contributed by atoms with Crippen molar-refractivity contribution < 1.29 is 69.3 Å². The van der Waals surface area contributed by atoms with Crippen LogP contribution in [0.1, 0.15) is 23.7 Å². The standard InChI is InChI=1S/C32H42N2O14/c1-2-13-16(9-19-22-15(7-8-33-19)14-5-3-4-6-18(14)34-22)17(29(42)43)12-44-30(13)48-32-27(41)28(24(38)21(11-36)46-32)47-31-26(40)25(39)23(37)20(10-35)45-31/h2-6,12-13,16,19-21,23-28,30-41H,1,7-11H2,(H,42,43). The van der Waals surface area contributed by atoms with Gasteiger partial charge in [0.1, 0.15) is 48.8 Å². The molecule has 264 valence electrons. The van der Waals surface area contributed by atoms with Gasteiger partial charge in [0.15, 0.2) is 12.6 Å². The van der Waals surface area contributed by atoms with Gasteiger partial charge in [0.2, 0.25) is 6.29 Å². The molecule has 1 aromatic carbocycles. The van der Waals surface area contributed by atoms with Crippen LogP contribution in [0.25, 0.3) is 10.9 Å². The van der Waals surface area contributed by atoms with E-state index < -0.39 is 98.7 Å². The molecule has 6 rings (SSSR count). The average molecular weight is 679 g/mol. The number of hydrogen-bond acceptors (Lipinski definition) is 14. The van der Waals surface area contributed by atoms with Crippen LogP contribution in [-0.4, -0.2) is 139 Å². The molecule has 2 aromatic rings. The average Bonchev–Trinajstić information content (AvgIpc) is 3.47. The minimum absolute atomic E-state index is 0.0117. The molecule has 14 unspecified atom stereocenters. The van der Waals surface area contributed by atoms with Crippen LogP contribution in [0.15, 0.2) is 48.8 Å². The number of ether oxygens (including phenoxy) is 5. The first-order valence-corrected chi connectivity index (χ1v) is 15.9. The van der Waals surface area contributed by atoms with Crippen LogP contribution in [0, 0.1) is 11.8 Å². The predicted octanol–water partition coefficient (Wildman–Crippen LogP) is -1.87. The molecule has 0 bridgehead atoms. The van der Waals surface area contributed by atoms with Crippen LogP contribution < -0.4 is 5.32 Å². The number of nitrogens with one attached hydrogen (secondary N) is 2. The summed E-state index contributed by atoms with van der Waals surface area (Å²) in [7, 11) is 0. The Kier molecular flexibility index (Phi) is 10.5. The molecule has 14 atom stereocenters. The van der Waals surface area contributed by atoms with Gasteiger partial charge < -0.3 is 74.8 Å². The molecule has 0 radical (unpaired) electrons. The number of hydrogen-bond donors (Lipinski definition) is 10. The maximum Gasteiger partial charge on any atom is 0.334 e. The molecule has 1 aromatic heterocycles. The lowest BCUT2D eigenvalue weighted by Gasteiger charge is -2.47. The van der Waals surface area contributed by atoms with Gasteiger partial charge >= 0.3 is 5.97 Å². The van der Waals surface area contributed by atoms with Crippen molar-refractivity contribution in [1.29, 1.82) is 0 Å². The first-order valence-electron chi connectivity index (χ1n) is 15.9. The Balaban J connectivity index is 1.23. The number of aromatic amines is 1. The van der Waals surface area contributed by atoms with Crippen molar-refractivity contribution in [3.8, 4) is 0 Å². The van der Waals surface area contributed by atoms with Crippen molar-refractivity contribution in [1.82, 2.24) is 10.3 Å². The molecule has 5 heterocycles. The lowest BCUT2D eigenvalue weighted by Crippen LogP contribution is -2.65. The topological polar surface area (TPSA) is 253 Å². The number of aromatic nitrogens is 1. The zero-order chi connectivity index (χ0) is 34.3. The highest BCUT2D eigenvalue weighted by atomic mass is 16.8. The summed E-state index contributed by atoms with van der Waals surface area (Å²) < 4.78 is 28.5. The summed E-state index contributed by atoms with van der Waals surface area (Å²) in [6.07, 6.45) is -14.0. The number of para-hydroxylation sites is 1. The Hall–Kier alpha value is -2.97. The number of carboxylic acid groups (broad SMARTS) is 1. The van der Waals surface area contributed by atoms with Gasteiger partial charge in [-0.25, -0.2) is 4.79 Å². The summed E-state index contributed by atoms with van der Waals surface area (Å²) in [6, 6.07) is 7.68. The third kappa shape index (κ3) is 6.39. The highest BCUT2D eigenvalue weighted by Crippen LogP contribution is 2.42. The summed E-state index contributed by atoms with van der Waals surface area (Å²) in [5.41, 5.74) is 3.08. The Morgan fingerprint density at radius 2 is 1.60 bits per heavy atom. The van der Waals surface area contributed by atoms with Crippen LogP contribution in [0.5, 0.6) is 0 Å². The van der Waals surface area contributed by atoms with E-state index in [1.54, 1.807) is 0 Å². The van der Waals surface area contributed by atoms with E-state index in [9.17, 15) is 45.6 Å². The van der Waals surface area contributed by atoms with Gasteiger partial charge in [0.25, 0.3) is 0 Å². The molecule has 4 aliphatic heterocycles. The Labute approximate surface area is 274 Å². The molecule has 4 aliphatic rings. The molecule has 0 amide bonds. The smallest absolute Gasteiger partial charge is 0.334 e. The molecular weight excluding hydrogens is 636 g/mol. The van der Waals surface area contributed by atoms with Crippen molar-refractivity contribution in [3.05, 3.63) is 60.0 Å². The van der Waals surface area contributed by atoms with Gasteiger partial charge in [-0.15, -0.1) is 6.58 Å². The monoisotopic (exact) mass is 678 g/mol. The molecule has 16 nitrogen and oxygen atoms in total. The van der Waals surface area contributed by atoms with Crippen LogP contribution in [0.3, 0.4) is 0 Å². The maximum absolute atomic E-state index is 12.4. The van der Waals surface area contributed by atoms with Crippen LogP contribution in [0.2, 0.25) is 0 Å².